The van der Waals surface area contributed by atoms with Crippen LogP contribution in [-0.4, -0.2) is 31.0 Å². The van der Waals surface area contributed by atoms with Crippen molar-refractivity contribution in [2.75, 3.05) is 5.75 Å². The molecule has 8 heteroatoms. The Morgan fingerprint density at radius 2 is 1.89 bits per heavy atom. The van der Waals surface area contributed by atoms with E-state index in [-0.39, 0.29) is 29.7 Å². The van der Waals surface area contributed by atoms with E-state index in [9.17, 15) is 17.6 Å². The summed E-state index contributed by atoms with van der Waals surface area (Å²) in [4.78, 5) is 14.5. The number of nitrogens with zero attached hydrogens (tertiary/aromatic N) is 1. The second-order valence-electron chi connectivity index (χ2n) is 6.35. The number of hydrogen-bond acceptors (Lipinski definition) is 4. The van der Waals surface area contributed by atoms with Crippen LogP contribution in [0.3, 0.4) is 0 Å². The van der Waals surface area contributed by atoms with E-state index in [2.05, 4.69) is 0 Å². The molecule has 0 aliphatic rings. The van der Waals surface area contributed by atoms with Crippen molar-refractivity contribution in [3.63, 3.8) is 0 Å². The van der Waals surface area contributed by atoms with E-state index in [1.807, 2.05) is 13.8 Å². The van der Waals surface area contributed by atoms with E-state index >= 15 is 0 Å². The largest absolute Gasteiger partial charge is 0.382 e. The quantitative estimate of drug-likeness (QED) is 0.575. The molecule has 1 amide bonds. The van der Waals surface area contributed by atoms with Crippen LogP contribution < -0.4 is 4.18 Å². The van der Waals surface area contributed by atoms with Gasteiger partial charge in [0, 0.05) is 16.6 Å². The maximum absolute atomic E-state index is 14.1. The van der Waals surface area contributed by atoms with Crippen LogP contribution >= 0.6 is 11.6 Å². The summed E-state index contributed by atoms with van der Waals surface area (Å²) < 4.78 is 43.1. The fraction of sp³-hybridized carbons (Fsp3) is 0.350. The fourth-order valence-corrected chi connectivity index (χ4v) is 3.32. The van der Waals surface area contributed by atoms with Crippen LogP contribution in [0, 0.1) is 5.82 Å². The molecular formula is C20H23ClFNO4S. The van der Waals surface area contributed by atoms with Crippen LogP contribution in [0.5, 0.6) is 5.75 Å². The highest BCUT2D eigenvalue weighted by Crippen LogP contribution is 2.28. The molecule has 0 heterocycles. The summed E-state index contributed by atoms with van der Waals surface area (Å²) in [7, 11) is -3.76. The maximum atomic E-state index is 14.1. The zero-order valence-electron chi connectivity index (χ0n) is 16.0. The molecule has 0 spiro atoms. The summed E-state index contributed by atoms with van der Waals surface area (Å²) in [5.41, 5.74) is 0.378. The molecule has 2 aromatic carbocycles. The molecule has 0 aliphatic carbocycles. The third kappa shape index (κ3) is 5.45. The van der Waals surface area contributed by atoms with Gasteiger partial charge in [-0.3, -0.25) is 4.79 Å². The van der Waals surface area contributed by atoms with Crippen LogP contribution in [0.4, 0.5) is 4.39 Å². The topological polar surface area (TPSA) is 63.7 Å². The third-order valence-electron chi connectivity index (χ3n) is 4.42. The molecule has 1 atom stereocenters. The van der Waals surface area contributed by atoms with Gasteiger partial charge in [-0.1, -0.05) is 30.7 Å². The first kappa shape index (κ1) is 22.2. The number of halogens is 2. The normalized spacial score (nSPS) is 12.5. The molecule has 0 saturated heterocycles. The Hall–Kier alpha value is -2.12. The van der Waals surface area contributed by atoms with Crippen LogP contribution in [0.15, 0.2) is 42.5 Å². The minimum atomic E-state index is -3.76. The highest BCUT2D eigenvalue weighted by molar-refractivity contribution is 7.87. The van der Waals surface area contributed by atoms with Gasteiger partial charge in [-0.05, 0) is 50.6 Å². The van der Waals surface area contributed by atoms with Gasteiger partial charge in [0.2, 0.25) is 0 Å². The van der Waals surface area contributed by atoms with Crippen molar-refractivity contribution in [3.05, 3.63) is 64.4 Å². The minimum Gasteiger partial charge on any atom is -0.382 e. The molecule has 2 aromatic rings. The van der Waals surface area contributed by atoms with E-state index < -0.39 is 21.8 Å². The lowest BCUT2D eigenvalue weighted by atomic mass is 10.1. The second kappa shape index (κ2) is 9.39. The molecule has 0 aromatic heterocycles. The Bertz CT molecular complexity index is 949. The van der Waals surface area contributed by atoms with Gasteiger partial charge >= 0.3 is 10.1 Å². The third-order valence-corrected chi connectivity index (χ3v) is 5.80. The Balaban J connectivity index is 2.44. The van der Waals surface area contributed by atoms with Crippen LogP contribution in [0.2, 0.25) is 5.02 Å². The standard InChI is InChI=1S/C20H23ClFNO4S/c1-4-14(3)23(20(24)17-8-6-7-9-18(17)22)13-15-12-16(21)10-11-19(15)27-28(25,26)5-2/h6-12,14H,4-5,13H2,1-3H3/t14-/m1/s1. The maximum Gasteiger partial charge on any atom is 0.308 e. The average molecular weight is 428 g/mol. The fourth-order valence-electron chi connectivity index (χ4n) is 2.57. The second-order valence-corrected chi connectivity index (χ2v) is 8.65. The number of carbonyl (C=O) groups excluding carboxylic acids is 1. The molecule has 0 fully saturated rings. The van der Waals surface area contributed by atoms with Crippen molar-refractivity contribution in [1.29, 1.82) is 0 Å². The first-order valence-corrected chi connectivity index (χ1v) is 10.9. The molecule has 0 unspecified atom stereocenters. The predicted octanol–water partition coefficient (Wildman–Crippen LogP) is 4.65. The monoisotopic (exact) mass is 427 g/mol. The van der Waals surface area contributed by atoms with Crippen molar-refractivity contribution < 1.29 is 21.8 Å². The molecular weight excluding hydrogens is 405 g/mol. The van der Waals surface area contributed by atoms with E-state index in [1.54, 1.807) is 12.1 Å². The van der Waals surface area contributed by atoms with Crippen molar-refractivity contribution >= 4 is 27.6 Å². The molecule has 2 rings (SSSR count). The minimum absolute atomic E-state index is 0.0251. The SMILES string of the molecule is CC[C@@H](C)N(Cc1cc(Cl)ccc1OS(=O)(=O)CC)C(=O)c1ccccc1F. The molecule has 28 heavy (non-hydrogen) atoms. The average Bonchev–Trinajstić information content (AvgIpc) is 2.67. The van der Waals surface area contributed by atoms with Crippen molar-refractivity contribution in [2.24, 2.45) is 0 Å². The smallest absolute Gasteiger partial charge is 0.308 e. The first-order valence-electron chi connectivity index (χ1n) is 8.94. The molecule has 0 saturated carbocycles. The Morgan fingerprint density at radius 3 is 2.50 bits per heavy atom. The highest BCUT2D eigenvalue weighted by atomic mass is 35.5. The number of amides is 1. The van der Waals surface area contributed by atoms with Gasteiger partial charge in [0.1, 0.15) is 11.6 Å². The van der Waals surface area contributed by atoms with Crippen LogP contribution in [0.1, 0.15) is 43.1 Å². The summed E-state index contributed by atoms with van der Waals surface area (Å²) in [6.45, 7) is 5.24. The van der Waals surface area contributed by atoms with Crippen molar-refractivity contribution in [2.45, 2.75) is 39.8 Å². The number of hydrogen-bond donors (Lipinski definition) is 0. The van der Waals surface area contributed by atoms with Gasteiger partial charge in [-0.25, -0.2) is 4.39 Å². The Morgan fingerprint density at radius 1 is 1.21 bits per heavy atom. The number of carbonyl (C=O) groups is 1. The lowest BCUT2D eigenvalue weighted by molar-refractivity contribution is 0.0666. The zero-order chi connectivity index (χ0) is 20.9. The summed E-state index contributed by atoms with van der Waals surface area (Å²) in [5, 5.41) is 0.374. The zero-order valence-corrected chi connectivity index (χ0v) is 17.6. The predicted molar refractivity (Wildman–Crippen MR) is 108 cm³/mol. The van der Waals surface area contributed by atoms with Gasteiger partial charge in [-0.15, -0.1) is 0 Å². The van der Waals surface area contributed by atoms with E-state index in [0.29, 0.717) is 17.0 Å². The van der Waals surface area contributed by atoms with Crippen LogP contribution in [0.25, 0.3) is 0 Å². The number of rotatable bonds is 8. The van der Waals surface area contributed by atoms with Gasteiger partial charge < -0.3 is 9.08 Å². The van der Waals surface area contributed by atoms with Crippen molar-refractivity contribution in [1.82, 2.24) is 4.90 Å². The first-order chi connectivity index (χ1) is 13.2. The van der Waals surface area contributed by atoms with Gasteiger partial charge in [-0.2, -0.15) is 8.42 Å². The molecule has 152 valence electrons. The Labute approximate surface area is 170 Å². The summed E-state index contributed by atoms with van der Waals surface area (Å²) in [5.74, 6) is -1.20. The van der Waals surface area contributed by atoms with Gasteiger partial charge in [0.05, 0.1) is 17.9 Å². The van der Waals surface area contributed by atoms with Gasteiger partial charge in [0.25, 0.3) is 5.91 Å². The van der Waals surface area contributed by atoms with Crippen molar-refractivity contribution in [3.8, 4) is 5.75 Å². The molecule has 5 nitrogen and oxygen atoms in total. The highest BCUT2D eigenvalue weighted by Gasteiger charge is 2.25. The molecule has 0 bridgehead atoms. The van der Waals surface area contributed by atoms with Gasteiger partial charge in [0.15, 0.2) is 0 Å². The summed E-state index contributed by atoms with van der Waals surface area (Å²) in [6.07, 6.45) is 0.629. The molecule has 0 aliphatic heterocycles. The van der Waals surface area contributed by atoms with E-state index in [4.69, 9.17) is 15.8 Å². The van der Waals surface area contributed by atoms with E-state index in [1.165, 1.54) is 42.2 Å². The molecule has 0 radical (unpaired) electrons. The summed E-state index contributed by atoms with van der Waals surface area (Å²) in [6, 6.07) is 10.0. The van der Waals surface area contributed by atoms with Crippen LogP contribution in [-0.2, 0) is 16.7 Å². The number of benzene rings is 2. The summed E-state index contributed by atoms with van der Waals surface area (Å²) >= 11 is 6.07. The molecule has 0 N–H and O–H groups in total. The lowest BCUT2D eigenvalue weighted by Gasteiger charge is -2.29. The lowest BCUT2D eigenvalue weighted by Crippen LogP contribution is -2.38. The van der Waals surface area contributed by atoms with E-state index in [0.717, 1.165) is 0 Å². The Kier molecular flexibility index (Phi) is 7.43.